The van der Waals surface area contributed by atoms with Crippen molar-refractivity contribution in [3.8, 4) is 5.75 Å². The molecular weight excluding hydrogens is 216 g/mol. The number of aromatic amines is 1. The Morgan fingerprint density at radius 2 is 2.24 bits per heavy atom. The largest absolute Gasteiger partial charge is 0.491 e. The zero-order valence-corrected chi connectivity index (χ0v) is 10.1. The summed E-state index contributed by atoms with van der Waals surface area (Å²) in [7, 11) is 3.95. The summed E-state index contributed by atoms with van der Waals surface area (Å²) in [5.74, 6) is 0.798. The van der Waals surface area contributed by atoms with Crippen molar-refractivity contribution in [2.45, 2.75) is 6.42 Å². The third kappa shape index (κ3) is 2.41. The maximum atomic E-state index is 10.3. The lowest BCUT2D eigenvalue weighted by molar-refractivity contribution is -0.108. The van der Waals surface area contributed by atoms with E-state index in [0.717, 1.165) is 28.6 Å². The van der Waals surface area contributed by atoms with Crippen LogP contribution in [0.25, 0.3) is 10.9 Å². The van der Waals surface area contributed by atoms with Gasteiger partial charge in [0, 0.05) is 43.7 Å². The molecule has 0 radical (unpaired) electrons. The quantitative estimate of drug-likeness (QED) is 0.635. The van der Waals surface area contributed by atoms with Crippen molar-refractivity contribution in [1.29, 1.82) is 0 Å². The SMILES string of the molecule is CN(C)c1cc2cc[nH]c2cc1OCCC=O. The number of fused-ring (bicyclic) bond motifs is 1. The van der Waals surface area contributed by atoms with Crippen LogP contribution in [0.15, 0.2) is 24.4 Å². The highest BCUT2D eigenvalue weighted by atomic mass is 16.5. The predicted molar refractivity (Wildman–Crippen MR) is 68.8 cm³/mol. The van der Waals surface area contributed by atoms with E-state index in [1.807, 2.05) is 37.3 Å². The first-order valence-corrected chi connectivity index (χ1v) is 5.57. The molecule has 4 nitrogen and oxygen atoms in total. The molecule has 0 aliphatic carbocycles. The molecule has 2 aromatic rings. The number of nitrogens with one attached hydrogen (secondary N) is 1. The zero-order chi connectivity index (χ0) is 12.3. The van der Waals surface area contributed by atoms with Crippen molar-refractivity contribution >= 4 is 22.9 Å². The molecule has 0 bridgehead atoms. The molecule has 1 heterocycles. The third-order valence-electron chi connectivity index (χ3n) is 2.61. The average molecular weight is 232 g/mol. The lowest BCUT2D eigenvalue weighted by Gasteiger charge is -2.17. The summed E-state index contributed by atoms with van der Waals surface area (Å²) < 4.78 is 5.62. The lowest BCUT2D eigenvalue weighted by atomic mass is 10.2. The molecule has 1 aromatic carbocycles. The standard InChI is InChI=1S/C13H16N2O2/c1-15(2)12-8-10-4-5-14-11(10)9-13(12)17-7-3-6-16/h4-6,8-9,14H,3,7H2,1-2H3. The van der Waals surface area contributed by atoms with Crippen molar-refractivity contribution in [3.05, 3.63) is 24.4 Å². The van der Waals surface area contributed by atoms with Gasteiger partial charge in [-0.3, -0.25) is 0 Å². The van der Waals surface area contributed by atoms with Crippen LogP contribution in [-0.2, 0) is 4.79 Å². The summed E-state index contributed by atoms with van der Waals surface area (Å²) in [5, 5.41) is 1.15. The molecule has 90 valence electrons. The van der Waals surface area contributed by atoms with Gasteiger partial charge in [-0.2, -0.15) is 0 Å². The van der Waals surface area contributed by atoms with Crippen LogP contribution in [0.2, 0.25) is 0 Å². The Labute approximate surface area is 100 Å². The molecule has 4 heteroatoms. The number of ether oxygens (including phenoxy) is 1. The van der Waals surface area contributed by atoms with Gasteiger partial charge < -0.3 is 19.4 Å². The van der Waals surface area contributed by atoms with Crippen LogP contribution in [0, 0.1) is 0 Å². The number of H-pyrrole nitrogens is 1. The molecule has 17 heavy (non-hydrogen) atoms. The predicted octanol–water partition coefficient (Wildman–Crippen LogP) is 2.20. The van der Waals surface area contributed by atoms with Crippen LogP contribution in [0.4, 0.5) is 5.69 Å². The number of rotatable bonds is 5. The fourth-order valence-electron chi connectivity index (χ4n) is 1.75. The molecule has 0 atom stereocenters. The van der Waals surface area contributed by atoms with Gasteiger partial charge in [-0.15, -0.1) is 0 Å². The molecule has 0 amide bonds. The van der Waals surface area contributed by atoms with E-state index >= 15 is 0 Å². The summed E-state index contributed by atoms with van der Waals surface area (Å²) in [6, 6.07) is 6.06. The van der Waals surface area contributed by atoms with E-state index < -0.39 is 0 Å². The minimum Gasteiger partial charge on any atom is -0.491 e. The molecule has 0 aliphatic rings. The highest BCUT2D eigenvalue weighted by Gasteiger charge is 2.08. The van der Waals surface area contributed by atoms with Crippen LogP contribution < -0.4 is 9.64 Å². The monoisotopic (exact) mass is 232 g/mol. The maximum Gasteiger partial charge on any atom is 0.144 e. The first-order chi connectivity index (χ1) is 8.22. The number of nitrogens with zero attached hydrogens (tertiary/aromatic N) is 1. The highest BCUT2D eigenvalue weighted by molar-refractivity contribution is 5.86. The normalized spacial score (nSPS) is 10.5. The fraction of sp³-hybridized carbons (Fsp3) is 0.308. The van der Waals surface area contributed by atoms with E-state index in [2.05, 4.69) is 11.1 Å². The van der Waals surface area contributed by atoms with Crippen molar-refractivity contribution in [2.75, 3.05) is 25.6 Å². The minimum absolute atomic E-state index is 0.412. The van der Waals surface area contributed by atoms with Crippen molar-refractivity contribution in [2.24, 2.45) is 0 Å². The second kappa shape index (κ2) is 4.91. The molecule has 2 rings (SSSR count). The smallest absolute Gasteiger partial charge is 0.144 e. The Hall–Kier alpha value is -1.97. The number of aldehydes is 1. The number of carbonyl (C=O) groups is 1. The molecule has 0 aliphatic heterocycles. The summed E-state index contributed by atoms with van der Waals surface area (Å²) in [6.07, 6.45) is 3.18. The van der Waals surface area contributed by atoms with E-state index in [1.54, 1.807) is 0 Å². The van der Waals surface area contributed by atoms with E-state index in [1.165, 1.54) is 0 Å². The average Bonchev–Trinajstić information content (AvgIpc) is 2.75. The molecular formula is C13H16N2O2. The van der Waals surface area contributed by atoms with Crippen LogP contribution in [0.1, 0.15) is 6.42 Å². The summed E-state index contributed by atoms with van der Waals surface area (Å²) in [5.41, 5.74) is 2.06. The molecule has 1 aromatic heterocycles. The zero-order valence-electron chi connectivity index (χ0n) is 10.1. The third-order valence-corrected chi connectivity index (χ3v) is 2.61. The van der Waals surface area contributed by atoms with Crippen LogP contribution in [-0.4, -0.2) is 32.0 Å². The molecule has 0 saturated heterocycles. The summed E-state index contributed by atoms with van der Waals surface area (Å²) in [4.78, 5) is 15.4. The molecule has 1 N–H and O–H groups in total. The van der Waals surface area contributed by atoms with E-state index in [0.29, 0.717) is 13.0 Å². The molecule has 0 unspecified atom stereocenters. The molecule has 0 fully saturated rings. The van der Waals surface area contributed by atoms with Gasteiger partial charge in [-0.1, -0.05) is 0 Å². The highest BCUT2D eigenvalue weighted by Crippen LogP contribution is 2.31. The van der Waals surface area contributed by atoms with Gasteiger partial charge in [0.2, 0.25) is 0 Å². The number of benzene rings is 1. The Kier molecular flexibility index (Phi) is 3.32. The van der Waals surface area contributed by atoms with E-state index in [-0.39, 0.29) is 0 Å². The van der Waals surface area contributed by atoms with Crippen LogP contribution in [0.3, 0.4) is 0 Å². The Morgan fingerprint density at radius 3 is 2.94 bits per heavy atom. The molecule has 0 spiro atoms. The van der Waals surface area contributed by atoms with Gasteiger partial charge in [0.1, 0.15) is 12.0 Å². The van der Waals surface area contributed by atoms with Gasteiger partial charge in [0.05, 0.1) is 12.3 Å². The summed E-state index contributed by atoms with van der Waals surface area (Å²) >= 11 is 0. The summed E-state index contributed by atoms with van der Waals surface area (Å²) in [6.45, 7) is 0.413. The van der Waals surface area contributed by atoms with Crippen molar-refractivity contribution in [3.63, 3.8) is 0 Å². The molecule has 0 saturated carbocycles. The number of carbonyl (C=O) groups excluding carboxylic acids is 1. The van der Waals surface area contributed by atoms with Gasteiger partial charge in [0.15, 0.2) is 0 Å². The number of hydrogen-bond donors (Lipinski definition) is 1. The van der Waals surface area contributed by atoms with Gasteiger partial charge in [-0.25, -0.2) is 0 Å². The van der Waals surface area contributed by atoms with Crippen molar-refractivity contribution in [1.82, 2.24) is 4.98 Å². The van der Waals surface area contributed by atoms with Crippen LogP contribution >= 0.6 is 0 Å². The second-order valence-electron chi connectivity index (χ2n) is 4.08. The van der Waals surface area contributed by atoms with Crippen LogP contribution in [0.5, 0.6) is 5.75 Å². The Morgan fingerprint density at radius 1 is 1.41 bits per heavy atom. The topological polar surface area (TPSA) is 45.3 Å². The van der Waals surface area contributed by atoms with E-state index in [9.17, 15) is 4.79 Å². The number of anilines is 1. The Balaban J connectivity index is 2.35. The van der Waals surface area contributed by atoms with Gasteiger partial charge in [0.25, 0.3) is 0 Å². The maximum absolute atomic E-state index is 10.3. The van der Waals surface area contributed by atoms with Crippen molar-refractivity contribution < 1.29 is 9.53 Å². The van der Waals surface area contributed by atoms with Gasteiger partial charge >= 0.3 is 0 Å². The Bertz CT molecular complexity index is 517. The minimum atomic E-state index is 0.412. The number of hydrogen-bond acceptors (Lipinski definition) is 3. The first kappa shape index (κ1) is 11.5. The lowest BCUT2D eigenvalue weighted by Crippen LogP contribution is -2.11. The van der Waals surface area contributed by atoms with E-state index in [4.69, 9.17) is 4.74 Å². The first-order valence-electron chi connectivity index (χ1n) is 5.57. The van der Waals surface area contributed by atoms with Gasteiger partial charge in [-0.05, 0) is 12.1 Å². The second-order valence-corrected chi connectivity index (χ2v) is 4.08. The fourth-order valence-corrected chi connectivity index (χ4v) is 1.75. The number of aromatic nitrogens is 1.